The number of aromatic nitrogens is 2. The van der Waals surface area contributed by atoms with Crippen LogP contribution in [0.3, 0.4) is 0 Å². The molecule has 0 radical (unpaired) electrons. The molecule has 5 rings (SSSR count). The zero-order valence-corrected chi connectivity index (χ0v) is 18.8. The number of aliphatic hydroxyl groups is 1. The zero-order valence-electron chi connectivity index (χ0n) is 18.8. The Bertz CT molecular complexity index is 1270. The molecule has 4 heterocycles. The minimum absolute atomic E-state index is 0.149. The first-order chi connectivity index (χ1) is 16.5. The molecule has 0 spiro atoms. The monoisotopic (exact) mass is 458 g/mol. The maximum Gasteiger partial charge on any atom is 0.258 e. The number of rotatable bonds is 5. The lowest BCUT2D eigenvalue weighted by Crippen LogP contribution is -2.48. The number of anilines is 1. The predicted molar refractivity (Wildman–Crippen MR) is 127 cm³/mol. The molecular weight excluding hydrogens is 432 g/mol. The van der Waals surface area contributed by atoms with Crippen molar-refractivity contribution in [2.45, 2.75) is 32.0 Å². The molecule has 2 amide bonds. The Morgan fingerprint density at radius 2 is 1.82 bits per heavy atom. The third kappa shape index (κ3) is 3.51. The third-order valence-electron chi connectivity index (χ3n) is 6.97. The summed E-state index contributed by atoms with van der Waals surface area (Å²) in [5.74, 6) is -1.25. The maximum atomic E-state index is 13.4. The van der Waals surface area contributed by atoms with Gasteiger partial charge in [-0.1, -0.05) is 25.1 Å². The van der Waals surface area contributed by atoms with Gasteiger partial charge in [-0.3, -0.25) is 19.4 Å². The van der Waals surface area contributed by atoms with E-state index < -0.39 is 18.0 Å². The van der Waals surface area contributed by atoms with Crippen LogP contribution >= 0.6 is 0 Å². The number of pyridine rings is 2. The molecule has 0 saturated carbocycles. The van der Waals surface area contributed by atoms with Gasteiger partial charge in [0.1, 0.15) is 6.04 Å². The van der Waals surface area contributed by atoms with Crippen LogP contribution in [0.2, 0.25) is 0 Å². The lowest BCUT2D eigenvalue weighted by atomic mass is 9.88. The number of aliphatic hydroxyl groups excluding tert-OH is 1. The Balaban J connectivity index is 1.55. The zero-order chi connectivity index (χ0) is 23.8. The average molecular weight is 459 g/mol. The van der Waals surface area contributed by atoms with Gasteiger partial charge in [0.25, 0.3) is 5.56 Å². The third-order valence-corrected chi connectivity index (χ3v) is 6.97. The second-order valence-corrected chi connectivity index (χ2v) is 8.73. The van der Waals surface area contributed by atoms with E-state index >= 15 is 0 Å². The second-order valence-electron chi connectivity index (χ2n) is 8.73. The molecule has 1 fully saturated rings. The van der Waals surface area contributed by atoms with Crippen molar-refractivity contribution in [3.05, 3.63) is 83.0 Å². The molecular formula is C26H26N4O4. The minimum Gasteiger partial charge on any atom is -0.396 e. The van der Waals surface area contributed by atoms with Crippen molar-refractivity contribution >= 4 is 17.5 Å². The second kappa shape index (κ2) is 8.87. The summed E-state index contributed by atoms with van der Waals surface area (Å²) in [4.78, 5) is 45.5. The number of hydrogen-bond donors (Lipinski definition) is 2. The number of nitrogens with zero attached hydrogens (tertiary/aromatic N) is 3. The molecule has 8 heteroatoms. The summed E-state index contributed by atoms with van der Waals surface area (Å²) in [5.41, 5.74) is 2.50. The van der Waals surface area contributed by atoms with Crippen molar-refractivity contribution in [1.29, 1.82) is 0 Å². The van der Waals surface area contributed by atoms with Gasteiger partial charge in [0, 0.05) is 60.7 Å². The van der Waals surface area contributed by atoms with Crippen LogP contribution in [0.5, 0.6) is 0 Å². The molecule has 2 aliphatic heterocycles. The molecule has 0 unspecified atom stereocenters. The van der Waals surface area contributed by atoms with E-state index in [-0.39, 0.29) is 36.3 Å². The molecule has 3 aromatic rings. The van der Waals surface area contributed by atoms with Crippen molar-refractivity contribution in [3.8, 4) is 11.1 Å². The van der Waals surface area contributed by atoms with Gasteiger partial charge in [0.2, 0.25) is 11.8 Å². The number of nitrogens with one attached hydrogen (secondary N) is 1. The summed E-state index contributed by atoms with van der Waals surface area (Å²) < 4.78 is 1.69. The first-order valence-electron chi connectivity index (χ1n) is 11.5. The molecule has 0 bridgehead atoms. The van der Waals surface area contributed by atoms with Gasteiger partial charge in [0.05, 0.1) is 6.04 Å². The van der Waals surface area contributed by atoms with E-state index in [1.807, 2.05) is 24.3 Å². The SMILES string of the molecule is CCC(=O)N1[C@H](C(=O)Nc2ccccc2)[C@@H](CO)[C@@H]2Cn3c(ccc(-c4ccncc4)c3=O)[C@@H]21. The van der Waals surface area contributed by atoms with Crippen LogP contribution in [0, 0.1) is 11.8 Å². The summed E-state index contributed by atoms with van der Waals surface area (Å²) >= 11 is 0. The Morgan fingerprint density at radius 3 is 2.50 bits per heavy atom. The Morgan fingerprint density at radius 1 is 1.09 bits per heavy atom. The van der Waals surface area contributed by atoms with E-state index in [9.17, 15) is 19.5 Å². The van der Waals surface area contributed by atoms with Gasteiger partial charge >= 0.3 is 0 Å². The fraction of sp³-hybridized carbons (Fsp3) is 0.308. The van der Waals surface area contributed by atoms with E-state index in [0.717, 1.165) is 5.56 Å². The van der Waals surface area contributed by atoms with Crippen LogP contribution in [0.4, 0.5) is 5.69 Å². The normalized spacial score (nSPS) is 22.8. The lowest BCUT2D eigenvalue weighted by Gasteiger charge is -2.30. The summed E-state index contributed by atoms with van der Waals surface area (Å²) in [5, 5.41) is 13.2. The highest BCUT2D eigenvalue weighted by atomic mass is 16.3. The van der Waals surface area contributed by atoms with Crippen molar-refractivity contribution in [3.63, 3.8) is 0 Å². The molecule has 2 aromatic heterocycles. The number of benzene rings is 1. The molecule has 2 N–H and O–H groups in total. The van der Waals surface area contributed by atoms with Gasteiger partial charge in [-0.2, -0.15) is 0 Å². The van der Waals surface area contributed by atoms with Crippen molar-refractivity contribution < 1.29 is 14.7 Å². The minimum atomic E-state index is -0.823. The summed E-state index contributed by atoms with van der Waals surface area (Å²) in [6.07, 6.45) is 3.50. The van der Waals surface area contributed by atoms with Crippen molar-refractivity contribution in [2.24, 2.45) is 11.8 Å². The first-order valence-corrected chi connectivity index (χ1v) is 11.5. The maximum absolute atomic E-state index is 13.4. The Labute approximate surface area is 196 Å². The van der Waals surface area contributed by atoms with Crippen LogP contribution in [-0.2, 0) is 16.1 Å². The predicted octanol–water partition coefficient (Wildman–Crippen LogP) is 2.45. The highest BCUT2D eigenvalue weighted by molar-refractivity contribution is 5.98. The highest BCUT2D eigenvalue weighted by Crippen LogP contribution is 2.49. The van der Waals surface area contributed by atoms with E-state index in [4.69, 9.17) is 0 Å². The van der Waals surface area contributed by atoms with E-state index in [0.29, 0.717) is 23.5 Å². The van der Waals surface area contributed by atoms with Crippen LogP contribution in [-0.4, -0.2) is 44.0 Å². The fourth-order valence-electron chi connectivity index (χ4n) is 5.44. The van der Waals surface area contributed by atoms with Gasteiger partial charge in [-0.15, -0.1) is 0 Å². The van der Waals surface area contributed by atoms with Gasteiger partial charge < -0.3 is 19.9 Å². The van der Waals surface area contributed by atoms with Crippen LogP contribution in [0.25, 0.3) is 11.1 Å². The smallest absolute Gasteiger partial charge is 0.258 e. The van der Waals surface area contributed by atoms with Gasteiger partial charge in [-0.05, 0) is 42.0 Å². The molecule has 4 atom stereocenters. The van der Waals surface area contributed by atoms with Crippen LogP contribution in [0.1, 0.15) is 25.1 Å². The average Bonchev–Trinajstić information content (AvgIpc) is 3.40. The number of carbonyl (C=O) groups excluding carboxylic acids is 2. The molecule has 1 aromatic carbocycles. The largest absolute Gasteiger partial charge is 0.396 e. The van der Waals surface area contributed by atoms with Gasteiger partial charge in [-0.25, -0.2) is 0 Å². The van der Waals surface area contributed by atoms with E-state index in [2.05, 4.69) is 10.3 Å². The van der Waals surface area contributed by atoms with E-state index in [1.165, 1.54) is 0 Å². The Hall–Kier alpha value is -3.78. The number of fused-ring (bicyclic) bond motifs is 3. The number of para-hydroxylation sites is 1. The fourth-order valence-corrected chi connectivity index (χ4v) is 5.44. The summed E-state index contributed by atoms with van der Waals surface area (Å²) in [6.45, 7) is 1.83. The van der Waals surface area contributed by atoms with Gasteiger partial charge in [0.15, 0.2) is 0 Å². The molecule has 2 aliphatic rings. The highest BCUT2D eigenvalue weighted by Gasteiger charge is 2.57. The molecule has 8 nitrogen and oxygen atoms in total. The number of amides is 2. The molecule has 174 valence electrons. The Kier molecular flexibility index (Phi) is 5.75. The topological polar surface area (TPSA) is 105 Å². The molecule has 1 saturated heterocycles. The lowest BCUT2D eigenvalue weighted by molar-refractivity contribution is -0.139. The molecule has 0 aliphatic carbocycles. The number of hydrogen-bond acceptors (Lipinski definition) is 5. The molecule has 34 heavy (non-hydrogen) atoms. The first kappa shape index (κ1) is 22.0. The van der Waals surface area contributed by atoms with E-state index in [1.54, 1.807) is 59.1 Å². The summed E-state index contributed by atoms with van der Waals surface area (Å²) in [6, 6.07) is 15.0. The van der Waals surface area contributed by atoms with Crippen LogP contribution in [0.15, 0.2) is 71.8 Å². The summed E-state index contributed by atoms with van der Waals surface area (Å²) in [7, 11) is 0. The number of carbonyl (C=O) groups is 2. The standard InChI is InChI=1S/C26H26N4O4/c1-2-22(32)30-23-19(20(15-31)24(30)25(33)28-17-6-4-3-5-7-17)14-29-21(23)9-8-18(26(29)34)16-10-12-27-13-11-16/h3-13,19-20,23-24,31H,2,14-15H2,1H3,(H,28,33)/t19-,20-,23+,24-/m0/s1. The van der Waals surface area contributed by atoms with Crippen molar-refractivity contribution in [1.82, 2.24) is 14.5 Å². The quantitative estimate of drug-likeness (QED) is 0.611. The van der Waals surface area contributed by atoms with Crippen LogP contribution < -0.4 is 10.9 Å². The number of likely N-dealkylation sites (tertiary alicyclic amines) is 1. The van der Waals surface area contributed by atoms with Crippen molar-refractivity contribution in [2.75, 3.05) is 11.9 Å².